The molecule has 3 aromatic carbocycles. The zero-order chi connectivity index (χ0) is 30.2. The number of aromatic nitrogens is 4. The lowest BCUT2D eigenvalue weighted by Gasteiger charge is -2.23. The minimum Gasteiger partial charge on any atom is -0.489 e. The van der Waals surface area contributed by atoms with Crippen molar-refractivity contribution in [1.82, 2.24) is 25.1 Å². The Morgan fingerprint density at radius 2 is 1.77 bits per heavy atom. The Bertz CT molecular complexity index is 1940. The van der Waals surface area contributed by atoms with Crippen LogP contribution in [-0.2, 0) is 0 Å². The maximum atomic E-state index is 14.8. The molecule has 7 nitrogen and oxygen atoms in total. The van der Waals surface area contributed by atoms with Crippen molar-refractivity contribution in [2.24, 2.45) is 5.73 Å². The van der Waals surface area contributed by atoms with Gasteiger partial charge in [-0.25, -0.2) is 4.39 Å². The molecule has 1 fully saturated rings. The molecule has 6 aromatic rings. The molecule has 7 rings (SSSR count). The molecule has 1 aliphatic carbocycles. The van der Waals surface area contributed by atoms with Gasteiger partial charge in [-0.15, -0.1) is 0 Å². The number of hydrogen-bond acceptors (Lipinski definition) is 5. The third-order valence-electron chi connectivity index (χ3n) is 8.60. The Morgan fingerprint density at radius 3 is 2.61 bits per heavy atom. The molecule has 4 N–H and O–H groups in total. The van der Waals surface area contributed by atoms with Crippen LogP contribution in [0.1, 0.15) is 43.7 Å². The molecule has 1 atom stereocenters. The van der Waals surface area contributed by atoms with Gasteiger partial charge in [0.2, 0.25) is 0 Å². The molecule has 3 heterocycles. The first-order valence-electron chi connectivity index (χ1n) is 15.3. The van der Waals surface area contributed by atoms with Crippen LogP contribution in [0.15, 0.2) is 79.1 Å². The summed E-state index contributed by atoms with van der Waals surface area (Å²) in [4.78, 5) is 10.0. The predicted molar refractivity (Wildman–Crippen MR) is 175 cm³/mol. The number of H-pyrrole nitrogens is 2. The number of likely N-dealkylation sites (N-methyl/N-ethyl adjacent to an activating group) is 1. The summed E-state index contributed by atoms with van der Waals surface area (Å²) < 4.78 is 21.1. The van der Waals surface area contributed by atoms with Crippen molar-refractivity contribution >= 4 is 21.8 Å². The lowest BCUT2D eigenvalue weighted by molar-refractivity contribution is 0.154. The van der Waals surface area contributed by atoms with Crippen LogP contribution in [-0.4, -0.2) is 51.8 Å². The molecule has 0 spiro atoms. The van der Waals surface area contributed by atoms with Crippen molar-refractivity contribution in [3.05, 3.63) is 90.5 Å². The van der Waals surface area contributed by atoms with Gasteiger partial charge < -0.3 is 20.4 Å². The molecule has 44 heavy (non-hydrogen) atoms. The Kier molecular flexibility index (Phi) is 7.62. The molecule has 1 saturated carbocycles. The average Bonchev–Trinajstić information content (AvgIpc) is 3.65. The van der Waals surface area contributed by atoms with Crippen LogP contribution in [0, 0.1) is 5.82 Å². The van der Waals surface area contributed by atoms with Gasteiger partial charge >= 0.3 is 0 Å². The number of nitrogens with two attached hydrogens (primary N) is 1. The summed E-state index contributed by atoms with van der Waals surface area (Å²) in [6, 6.07) is 21.3. The highest BCUT2D eigenvalue weighted by Gasteiger charge is 2.18. The Hall–Kier alpha value is -4.53. The molecule has 1 unspecified atom stereocenters. The van der Waals surface area contributed by atoms with Crippen molar-refractivity contribution in [2.45, 2.75) is 44.2 Å². The second-order valence-corrected chi connectivity index (χ2v) is 12.2. The van der Waals surface area contributed by atoms with E-state index in [1.54, 1.807) is 12.3 Å². The number of nitrogens with one attached hydrogen (secondary N) is 2. The number of halogens is 1. The molecule has 3 aromatic heterocycles. The van der Waals surface area contributed by atoms with Gasteiger partial charge in [-0.05, 0) is 111 Å². The number of rotatable bonds is 8. The van der Waals surface area contributed by atoms with Crippen LogP contribution in [0.25, 0.3) is 55.4 Å². The highest BCUT2D eigenvalue weighted by atomic mass is 19.1. The first-order chi connectivity index (χ1) is 21.4. The van der Waals surface area contributed by atoms with Crippen LogP contribution in [0.4, 0.5) is 4.39 Å². The number of aromatic amines is 2. The molecule has 1 aliphatic rings. The van der Waals surface area contributed by atoms with E-state index in [9.17, 15) is 4.39 Å². The average molecular weight is 589 g/mol. The fourth-order valence-electron chi connectivity index (χ4n) is 6.43. The summed E-state index contributed by atoms with van der Waals surface area (Å²) in [7, 11) is 3.93. The summed E-state index contributed by atoms with van der Waals surface area (Å²) in [5.41, 5.74) is 14.5. The van der Waals surface area contributed by atoms with Crippen molar-refractivity contribution in [2.75, 3.05) is 20.6 Å². The van der Waals surface area contributed by atoms with Crippen LogP contribution in [0.2, 0.25) is 0 Å². The summed E-state index contributed by atoms with van der Waals surface area (Å²) in [5, 5.41) is 9.87. The lowest BCUT2D eigenvalue weighted by atomic mass is 9.97. The molecule has 0 bridgehead atoms. The molecule has 0 aliphatic heterocycles. The standard InChI is InChI=1S/C36H37FN6O/c1-43(2)21-32(38)24-13-23(14-26(37)15-24)29-9-6-10-33-30(29)18-35(40-33)36-31-17-22(11-12-34(31)41-42-36)25-16-28(20-39-19-25)44-27-7-4-3-5-8-27/h6,9-20,27,32,40H,3-5,7-8,21,38H2,1-2H3,(H,41,42). The smallest absolute Gasteiger partial charge is 0.138 e. The second-order valence-electron chi connectivity index (χ2n) is 12.2. The molecule has 224 valence electrons. The van der Waals surface area contributed by atoms with E-state index in [0.29, 0.717) is 6.54 Å². The Morgan fingerprint density at radius 1 is 0.909 bits per heavy atom. The normalized spacial score (nSPS) is 14.9. The van der Waals surface area contributed by atoms with Gasteiger partial charge in [0.1, 0.15) is 17.3 Å². The lowest BCUT2D eigenvalue weighted by Crippen LogP contribution is -2.26. The summed E-state index contributed by atoms with van der Waals surface area (Å²) in [6.45, 7) is 0.628. The summed E-state index contributed by atoms with van der Waals surface area (Å²) >= 11 is 0. The van der Waals surface area contributed by atoms with Crippen molar-refractivity contribution in [3.8, 4) is 39.4 Å². The van der Waals surface area contributed by atoms with Gasteiger partial charge in [-0.1, -0.05) is 24.6 Å². The molecule has 8 heteroatoms. The molecule has 0 radical (unpaired) electrons. The number of benzene rings is 3. The molecule has 0 amide bonds. The largest absolute Gasteiger partial charge is 0.489 e. The SMILES string of the molecule is CN(C)CC(N)c1cc(F)cc(-c2cccc3[nH]c(-c4n[nH]c5ccc(-c6cncc(OC7CCCCC7)c6)cc45)cc23)c1. The minimum absolute atomic E-state index is 0.268. The van der Waals surface area contributed by atoms with Crippen molar-refractivity contribution in [1.29, 1.82) is 0 Å². The maximum Gasteiger partial charge on any atom is 0.138 e. The number of nitrogens with zero attached hydrogens (tertiary/aromatic N) is 3. The van der Waals surface area contributed by atoms with Gasteiger partial charge in [0.05, 0.1) is 23.5 Å². The van der Waals surface area contributed by atoms with E-state index in [1.165, 1.54) is 25.3 Å². The van der Waals surface area contributed by atoms with Crippen LogP contribution >= 0.6 is 0 Å². The monoisotopic (exact) mass is 588 g/mol. The zero-order valence-corrected chi connectivity index (χ0v) is 25.1. The van der Waals surface area contributed by atoms with Crippen molar-refractivity contribution < 1.29 is 9.13 Å². The second kappa shape index (κ2) is 11.9. The fourth-order valence-corrected chi connectivity index (χ4v) is 6.43. The maximum absolute atomic E-state index is 14.8. The summed E-state index contributed by atoms with van der Waals surface area (Å²) in [5.74, 6) is 0.515. The Balaban J connectivity index is 1.24. The molecule has 0 saturated heterocycles. The predicted octanol–water partition coefficient (Wildman–Crippen LogP) is 7.85. The number of hydrogen-bond donors (Lipinski definition) is 3. The molecular weight excluding hydrogens is 551 g/mol. The molecular formula is C36H37FN6O. The van der Waals surface area contributed by atoms with Crippen molar-refractivity contribution in [3.63, 3.8) is 0 Å². The number of fused-ring (bicyclic) bond motifs is 2. The van der Waals surface area contributed by atoms with Gasteiger partial charge in [0.15, 0.2) is 0 Å². The van der Waals surface area contributed by atoms with E-state index in [1.807, 2.05) is 49.5 Å². The zero-order valence-electron chi connectivity index (χ0n) is 25.1. The van der Waals surface area contributed by atoms with Gasteiger partial charge in [-0.3, -0.25) is 10.1 Å². The minimum atomic E-state index is -0.298. The van der Waals surface area contributed by atoms with Crippen LogP contribution in [0.3, 0.4) is 0 Å². The number of pyridine rings is 1. The highest BCUT2D eigenvalue weighted by molar-refractivity contribution is 6.02. The number of ether oxygens (including phenoxy) is 1. The Labute approximate surface area is 256 Å². The van der Waals surface area contributed by atoms with E-state index < -0.39 is 0 Å². The first kappa shape index (κ1) is 28.3. The van der Waals surface area contributed by atoms with Crippen LogP contribution in [0.5, 0.6) is 5.75 Å². The highest BCUT2D eigenvalue weighted by Crippen LogP contribution is 2.36. The van der Waals surface area contributed by atoms with Gasteiger partial charge in [-0.2, -0.15) is 5.10 Å². The van der Waals surface area contributed by atoms with E-state index in [4.69, 9.17) is 15.6 Å². The van der Waals surface area contributed by atoms with Gasteiger partial charge in [0, 0.05) is 40.6 Å². The third-order valence-corrected chi connectivity index (χ3v) is 8.60. The topological polar surface area (TPSA) is 95.8 Å². The van der Waals surface area contributed by atoms with Crippen LogP contribution < -0.4 is 10.5 Å². The fraction of sp³-hybridized carbons (Fsp3) is 0.278. The first-order valence-corrected chi connectivity index (χ1v) is 15.3. The third kappa shape index (κ3) is 5.70. The van der Waals surface area contributed by atoms with E-state index in [0.717, 1.165) is 79.6 Å². The van der Waals surface area contributed by atoms with Gasteiger partial charge in [0.25, 0.3) is 0 Å². The van der Waals surface area contributed by atoms with E-state index >= 15 is 0 Å². The quantitative estimate of drug-likeness (QED) is 0.168. The summed E-state index contributed by atoms with van der Waals surface area (Å²) in [6.07, 6.45) is 9.89. The van der Waals surface area contributed by atoms with E-state index in [2.05, 4.69) is 45.4 Å². The van der Waals surface area contributed by atoms with E-state index in [-0.39, 0.29) is 18.0 Å².